The standard InChI is InChI=1S/C13H26N2O2.C2H6/c1-3-5-6-9-13(17)15-11-7-10-14-12(16)8-4-2;1-2/h3-11H2,1-2H3,(H,14,16)(H,15,17);1-2H3. The summed E-state index contributed by atoms with van der Waals surface area (Å²) in [6.07, 6.45) is 6.10. The van der Waals surface area contributed by atoms with E-state index < -0.39 is 0 Å². The van der Waals surface area contributed by atoms with Gasteiger partial charge in [0, 0.05) is 25.9 Å². The van der Waals surface area contributed by atoms with Crippen LogP contribution < -0.4 is 10.6 Å². The zero-order valence-corrected chi connectivity index (χ0v) is 13.2. The number of carbonyl (C=O) groups is 2. The first kappa shape index (κ1) is 20.3. The Bertz CT molecular complexity index is 218. The molecule has 0 aliphatic carbocycles. The van der Waals surface area contributed by atoms with Crippen molar-refractivity contribution in [1.82, 2.24) is 10.6 Å². The lowest BCUT2D eigenvalue weighted by atomic mass is 10.2. The highest BCUT2D eigenvalue weighted by Crippen LogP contribution is 1.98. The molecule has 4 nitrogen and oxygen atoms in total. The molecule has 19 heavy (non-hydrogen) atoms. The number of amides is 2. The van der Waals surface area contributed by atoms with Crippen LogP contribution >= 0.6 is 0 Å². The van der Waals surface area contributed by atoms with Crippen molar-refractivity contribution in [3.8, 4) is 0 Å². The van der Waals surface area contributed by atoms with Crippen molar-refractivity contribution in [1.29, 1.82) is 0 Å². The first-order valence-electron chi connectivity index (χ1n) is 7.74. The zero-order chi connectivity index (χ0) is 14.9. The van der Waals surface area contributed by atoms with Crippen LogP contribution in [0.15, 0.2) is 0 Å². The molecule has 4 heteroatoms. The third kappa shape index (κ3) is 16.9. The average Bonchev–Trinajstić information content (AvgIpc) is 2.41. The van der Waals surface area contributed by atoms with Gasteiger partial charge in [0.1, 0.15) is 0 Å². The minimum Gasteiger partial charge on any atom is -0.356 e. The molecule has 2 N–H and O–H groups in total. The molecule has 0 radical (unpaired) electrons. The zero-order valence-electron chi connectivity index (χ0n) is 13.2. The summed E-state index contributed by atoms with van der Waals surface area (Å²) >= 11 is 0. The van der Waals surface area contributed by atoms with Gasteiger partial charge in [-0.15, -0.1) is 0 Å². The summed E-state index contributed by atoms with van der Waals surface area (Å²) in [6, 6.07) is 0. The lowest BCUT2D eigenvalue weighted by Crippen LogP contribution is -2.29. The molecule has 0 aromatic carbocycles. The van der Waals surface area contributed by atoms with Crippen molar-refractivity contribution in [3.63, 3.8) is 0 Å². The second-order valence-corrected chi connectivity index (χ2v) is 4.26. The van der Waals surface area contributed by atoms with Gasteiger partial charge in [-0.1, -0.05) is 40.5 Å². The van der Waals surface area contributed by atoms with Crippen LogP contribution in [0.1, 0.15) is 72.6 Å². The molecular weight excluding hydrogens is 240 g/mol. The van der Waals surface area contributed by atoms with E-state index in [2.05, 4.69) is 17.6 Å². The largest absolute Gasteiger partial charge is 0.356 e. The molecule has 0 saturated carbocycles. The third-order valence-electron chi connectivity index (χ3n) is 2.48. The first-order chi connectivity index (χ1) is 9.20. The van der Waals surface area contributed by atoms with Gasteiger partial charge in [-0.05, 0) is 19.3 Å². The van der Waals surface area contributed by atoms with E-state index in [9.17, 15) is 9.59 Å². The van der Waals surface area contributed by atoms with Gasteiger partial charge < -0.3 is 10.6 Å². The second-order valence-electron chi connectivity index (χ2n) is 4.26. The maximum atomic E-state index is 11.3. The normalized spacial score (nSPS) is 9.26. The number of nitrogens with one attached hydrogen (secondary N) is 2. The smallest absolute Gasteiger partial charge is 0.219 e. The van der Waals surface area contributed by atoms with E-state index in [0.29, 0.717) is 25.9 Å². The van der Waals surface area contributed by atoms with Gasteiger partial charge in [0.2, 0.25) is 11.8 Å². The molecule has 0 aromatic rings. The van der Waals surface area contributed by atoms with Crippen molar-refractivity contribution in [2.24, 2.45) is 0 Å². The fraction of sp³-hybridized carbons (Fsp3) is 0.867. The number of unbranched alkanes of at least 4 members (excludes halogenated alkanes) is 2. The van der Waals surface area contributed by atoms with Crippen LogP contribution in [0.3, 0.4) is 0 Å². The van der Waals surface area contributed by atoms with Gasteiger partial charge >= 0.3 is 0 Å². The number of hydrogen-bond donors (Lipinski definition) is 2. The van der Waals surface area contributed by atoms with Crippen molar-refractivity contribution in [2.45, 2.75) is 72.6 Å². The van der Waals surface area contributed by atoms with Gasteiger partial charge in [0.05, 0.1) is 0 Å². The van der Waals surface area contributed by atoms with Crippen LogP contribution in [0.5, 0.6) is 0 Å². The highest BCUT2D eigenvalue weighted by Gasteiger charge is 2.00. The second kappa shape index (κ2) is 16.9. The summed E-state index contributed by atoms with van der Waals surface area (Å²) in [4.78, 5) is 22.4. The summed E-state index contributed by atoms with van der Waals surface area (Å²) in [5.41, 5.74) is 0. The van der Waals surface area contributed by atoms with Crippen LogP contribution in [0, 0.1) is 0 Å². The molecule has 0 fully saturated rings. The van der Waals surface area contributed by atoms with E-state index in [1.165, 1.54) is 0 Å². The lowest BCUT2D eigenvalue weighted by Gasteiger charge is -2.06. The molecule has 0 bridgehead atoms. The molecule has 0 aromatic heterocycles. The maximum Gasteiger partial charge on any atom is 0.219 e. The topological polar surface area (TPSA) is 58.2 Å². The molecule has 0 aliphatic rings. The third-order valence-corrected chi connectivity index (χ3v) is 2.48. The molecule has 0 spiro atoms. The Balaban J connectivity index is 0. The Kier molecular flexibility index (Phi) is 18.1. The molecular formula is C15H32N2O2. The molecule has 0 unspecified atom stereocenters. The van der Waals surface area contributed by atoms with Gasteiger partial charge in [0.15, 0.2) is 0 Å². The molecule has 0 aliphatic heterocycles. The maximum absolute atomic E-state index is 11.3. The van der Waals surface area contributed by atoms with Gasteiger partial charge in [-0.25, -0.2) is 0 Å². The Labute approximate surface area is 118 Å². The fourth-order valence-electron chi connectivity index (χ4n) is 1.48. The van der Waals surface area contributed by atoms with Crippen LogP contribution in [0.4, 0.5) is 0 Å². The van der Waals surface area contributed by atoms with Gasteiger partial charge in [-0.3, -0.25) is 9.59 Å². The van der Waals surface area contributed by atoms with E-state index in [-0.39, 0.29) is 11.8 Å². The van der Waals surface area contributed by atoms with E-state index in [4.69, 9.17) is 0 Å². The molecule has 0 atom stereocenters. The predicted molar refractivity (Wildman–Crippen MR) is 81.0 cm³/mol. The number of hydrogen-bond acceptors (Lipinski definition) is 2. The van der Waals surface area contributed by atoms with E-state index in [0.717, 1.165) is 32.1 Å². The number of carbonyl (C=O) groups excluding carboxylic acids is 2. The summed E-state index contributed by atoms with van der Waals surface area (Å²) < 4.78 is 0. The van der Waals surface area contributed by atoms with Gasteiger partial charge in [0.25, 0.3) is 0 Å². The average molecular weight is 272 g/mol. The predicted octanol–water partition coefficient (Wildman–Crippen LogP) is 3.02. The Hall–Kier alpha value is -1.06. The lowest BCUT2D eigenvalue weighted by molar-refractivity contribution is -0.121. The van der Waals surface area contributed by atoms with Crippen molar-refractivity contribution in [3.05, 3.63) is 0 Å². The van der Waals surface area contributed by atoms with Crippen molar-refractivity contribution < 1.29 is 9.59 Å². The quantitative estimate of drug-likeness (QED) is 0.601. The SMILES string of the molecule is CC.CCCCCC(=O)NCCCNC(=O)CCC. The molecule has 0 saturated heterocycles. The summed E-state index contributed by atoms with van der Waals surface area (Å²) in [6.45, 7) is 9.40. The summed E-state index contributed by atoms with van der Waals surface area (Å²) in [7, 11) is 0. The molecule has 0 rings (SSSR count). The molecule has 2 amide bonds. The van der Waals surface area contributed by atoms with Crippen LogP contribution in [-0.2, 0) is 9.59 Å². The van der Waals surface area contributed by atoms with Crippen LogP contribution in [0.2, 0.25) is 0 Å². The van der Waals surface area contributed by atoms with Crippen LogP contribution in [-0.4, -0.2) is 24.9 Å². The summed E-state index contributed by atoms with van der Waals surface area (Å²) in [5, 5.41) is 5.68. The van der Waals surface area contributed by atoms with Crippen molar-refractivity contribution >= 4 is 11.8 Å². The Morgan fingerprint density at radius 3 is 1.74 bits per heavy atom. The monoisotopic (exact) mass is 272 g/mol. The van der Waals surface area contributed by atoms with E-state index in [1.807, 2.05) is 20.8 Å². The molecule has 114 valence electrons. The van der Waals surface area contributed by atoms with Gasteiger partial charge in [-0.2, -0.15) is 0 Å². The highest BCUT2D eigenvalue weighted by molar-refractivity contribution is 5.76. The van der Waals surface area contributed by atoms with E-state index >= 15 is 0 Å². The molecule has 0 heterocycles. The first-order valence-corrected chi connectivity index (χ1v) is 7.74. The highest BCUT2D eigenvalue weighted by atomic mass is 16.2. The Morgan fingerprint density at radius 1 is 0.737 bits per heavy atom. The van der Waals surface area contributed by atoms with E-state index in [1.54, 1.807) is 0 Å². The minimum atomic E-state index is 0.0989. The van der Waals surface area contributed by atoms with Crippen molar-refractivity contribution in [2.75, 3.05) is 13.1 Å². The Morgan fingerprint density at radius 2 is 1.26 bits per heavy atom. The number of rotatable bonds is 10. The minimum absolute atomic E-state index is 0.0989. The van der Waals surface area contributed by atoms with Crippen LogP contribution in [0.25, 0.3) is 0 Å². The fourth-order valence-corrected chi connectivity index (χ4v) is 1.48. The summed E-state index contributed by atoms with van der Waals surface area (Å²) in [5.74, 6) is 0.222.